The first-order chi connectivity index (χ1) is 8.02. The summed E-state index contributed by atoms with van der Waals surface area (Å²) in [5.41, 5.74) is 0. The smallest absolute Gasteiger partial charge is 0.0506 e. The summed E-state index contributed by atoms with van der Waals surface area (Å²) in [5, 5.41) is 3.69. The molecule has 3 nitrogen and oxygen atoms in total. The average Bonchev–Trinajstić information content (AvgIpc) is 2.25. The standard InChI is InChI=1S/C14H30N2O/c1-11(2)16(12(3)4)8-7-15-14-6-9-17-10-13(14)5/h11-15H,6-10H2,1-5H3. The van der Waals surface area contributed by atoms with Crippen LogP contribution in [0.1, 0.15) is 41.0 Å². The van der Waals surface area contributed by atoms with Gasteiger partial charge in [0.1, 0.15) is 0 Å². The molecule has 1 rings (SSSR count). The first-order valence-corrected chi connectivity index (χ1v) is 7.09. The van der Waals surface area contributed by atoms with Crippen LogP contribution in [0.3, 0.4) is 0 Å². The zero-order valence-corrected chi connectivity index (χ0v) is 12.2. The van der Waals surface area contributed by atoms with Crippen LogP contribution in [0, 0.1) is 5.92 Å². The molecular weight excluding hydrogens is 212 g/mol. The molecule has 1 aliphatic rings. The molecule has 0 saturated carbocycles. The van der Waals surface area contributed by atoms with Crippen LogP contribution in [0.2, 0.25) is 0 Å². The normalized spacial score (nSPS) is 26.1. The van der Waals surface area contributed by atoms with Gasteiger partial charge in [-0.25, -0.2) is 0 Å². The zero-order valence-electron chi connectivity index (χ0n) is 12.2. The van der Waals surface area contributed by atoms with Crippen molar-refractivity contribution >= 4 is 0 Å². The van der Waals surface area contributed by atoms with E-state index in [4.69, 9.17) is 4.74 Å². The summed E-state index contributed by atoms with van der Waals surface area (Å²) in [6, 6.07) is 1.90. The first kappa shape index (κ1) is 14.9. The van der Waals surface area contributed by atoms with Gasteiger partial charge in [0.05, 0.1) is 6.61 Å². The van der Waals surface area contributed by atoms with Crippen LogP contribution in [0.5, 0.6) is 0 Å². The highest BCUT2D eigenvalue weighted by atomic mass is 16.5. The Morgan fingerprint density at radius 3 is 2.41 bits per heavy atom. The number of nitrogens with zero attached hydrogens (tertiary/aromatic N) is 1. The molecular formula is C14H30N2O. The molecule has 0 aromatic heterocycles. The van der Waals surface area contributed by atoms with Crippen molar-refractivity contribution < 1.29 is 4.74 Å². The molecule has 0 aromatic carbocycles. The minimum Gasteiger partial charge on any atom is -0.381 e. The number of ether oxygens (including phenoxy) is 1. The predicted molar refractivity (Wildman–Crippen MR) is 73.4 cm³/mol. The highest BCUT2D eigenvalue weighted by Crippen LogP contribution is 2.13. The molecule has 0 spiro atoms. The van der Waals surface area contributed by atoms with Gasteiger partial charge in [0.25, 0.3) is 0 Å². The van der Waals surface area contributed by atoms with Crippen LogP contribution in [-0.4, -0.2) is 49.3 Å². The maximum atomic E-state index is 5.47. The highest BCUT2D eigenvalue weighted by molar-refractivity contribution is 4.78. The van der Waals surface area contributed by atoms with E-state index in [0.29, 0.717) is 24.0 Å². The van der Waals surface area contributed by atoms with Crippen molar-refractivity contribution in [3.05, 3.63) is 0 Å². The van der Waals surface area contributed by atoms with Crippen LogP contribution in [0.25, 0.3) is 0 Å². The van der Waals surface area contributed by atoms with Crippen molar-refractivity contribution in [2.24, 2.45) is 5.92 Å². The van der Waals surface area contributed by atoms with Crippen LogP contribution in [-0.2, 0) is 4.74 Å². The minimum absolute atomic E-state index is 0.629. The molecule has 0 aliphatic carbocycles. The third-order valence-corrected chi connectivity index (χ3v) is 3.74. The van der Waals surface area contributed by atoms with Crippen molar-refractivity contribution in [2.45, 2.75) is 59.2 Å². The van der Waals surface area contributed by atoms with Crippen molar-refractivity contribution in [3.63, 3.8) is 0 Å². The van der Waals surface area contributed by atoms with Gasteiger partial charge in [-0.05, 0) is 40.0 Å². The first-order valence-electron chi connectivity index (χ1n) is 7.09. The van der Waals surface area contributed by atoms with Gasteiger partial charge < -0.3 is 10.1 Å². The SMILES string of the molecule is CC1COCCC1NCCN(C(C)C)C(C)C. The summed E-state index contributed by atoms with van der Waals surface area (Å²) in [6.07, 6.45) is 1.16. The number of nitrogens with one attached hydrogen (secondary N) is 1. The van der Waals surface area contributed by atoms with Gasteiger partial charge in [-0.3, -0.25) is 4.90 Å². The fourth-order valence-corrected chi connectivity index (χ4v) is 2.68. The Labute approximate surface area is 107 Å². The molecule has 0 bridgehead atoms. The Morgan fingerprint density at radius 1 is 1.24 bits per heavy atom. The molecule has 0 radical (unpaired) electrons. The Bertz CT molecular complexity index is 198. The highest BCUT2D eigenvalue weighted by Gasteiger charge is 2.21. The Morgan fingerprint density at radius 2 is 1.88 bits per heavy atom. The summed E-state index contributed by atoms with van der Waals surface area (Å²) >= 11 is 0. The lowest BCUT2D eigenvalue weighted by molar-refractivity contribution is 0.0377. The van der Waals surface area contributed by atoms with Gasteiger partial charge in [0, 0.05) is 37.8 Å². The third-order valence-electron chi connectivity index (χ3n) is 3.74. The van der Waals surface area contributed by atoms with E-state index in [-0.39, 0.29) is 0 Å². The molecule has 1 saturated heterocycles. The average molecular weight is 242 g/mol. The van der Waals surface area contributed by atoms with Gasteiger partial charge >= 0.3 is 0 Å². The molecule has 17 heavy (non-hydrogen) atoms. The van der Waals surface area contributed by atoms with E-state index in [1.165, 1.54) is 0 Å². The quantitative estimate of drug-likeness (QED) is 0.772. The maximum absolute atomic E-state index is 5.47. The number of rotatable bonds is 6. The largest absolute Gasteiger partial charge is 0.381 e. The topological polar surface area (TPSA) is 24.5 Å². The monoisotopic (exact) mass is 242 g/mol. The molecule has 2 unspecified atom stereocenters. The molecule has 1 aliphatic heterocycles. The molecule has 102 valence electrons. The van der Waals surface area contributed by atoms with E-state index in [2.05, 4.69) is 44.8 Å². The van der Waals surface area contributed by atoms with Crippen LogP contribution in [0.4, 0.5) is 0 Å². The van der Waals surface area contributed by atoms with Gasteiger partial charge in [0.2, 0.25) is 0 Å². The Balaban J connectivity index is 2.25. The minimum atomic E-state index is 0.629. The predicted octanol–water partition coefficient (Wildman–Crippen LogP) is 2.12. The molecule has 1 fully saturated rings. The fraction of sp³-hybridized carbons (Fsp3) is 1.00. The lowest BCUT2D eigenvalue weighted by Gasteiger charge is -2.33. The molecule has 1 N–H and O–H groups in total. The van der Waals surface area contributed by atoms with Crippen molar-refractivity contribution in [2.75, 3.05) is 26.3 Å². The lowest BCUT2D eigenvalue weighted by atomic mass is 9.98. The van der Waals surface area contributed by atoms with Crippen molar-refractivity contribution in [1.29, 1.82) is 0 Å². The lowest BCUT2D eigenvalue weighted by Crippen LogP contribution is -2.47. The second-order valence-corrected chi connectivity index (χ2v) is 5.83. The van der Waals surface area contributed by atoms with Crippen LogP contribution in [0.15, 0.2) is 0 Å². The molecule has 2 atom stereocenters. The zero-order chi connectivity index (χ0) is 12.8. The number of hydrogen-bond donors (Lipinski definition) is 1. The van der Waals surface area contributed by atoms with Crippen LogP contribution < -0.4 is 5.32 Å². The van der Waals surface area contributed by atoms with Gasteiger partial charge in [-0.1, -0.05) is 6.92 Å². The summed E-state index contributed by atoms with van der Waals surface area (Å²) < 4.78 is 5.47. The maximum Gasteiger partial charge on any atom is 0.0506 e. The summed E-state index contributed by atoms with van der Waals surface area (Å²) in [4.78, 5) is 2.54. The van der Waals surface area contributed by atoms with E-state index in [0.717, 1.165) is 32.7 Å². The van der Waals surface area contributed by atoms with Crippen LogP contribution >= 0.6 is 0 Å². The Kier molecular flexibility index (Phi) is 6.45. The number of hydrogen-bond acceptors (Lipinski definition) is 3. The van der Waals surface area contributed by atoms with Gasteiger partial charge in [-0.15, -0.1) is 0 Å². The van der Waals surface area contributed by atoms with E-state index >= 15 is 0 Å². The molecule has 0 amide bonds. The van der Waals surface area contributed by atoms with E-state index in [9.17, 15) is 0 Å². The van der Waals surface area contributed by atoms with Crippen molar-refractivity contribution in [1.82, 2.24) is 10.2 Å². The third kappa shape index (κ3) is 4.94. The fourth-order valence-electron chi connectivity index (χ4n) is 2.68. The molecule has 0 aromatic rings. The van der Waals surface area contributed by atoms with E-state index < -0.39 is 0 Å². The van der Waals surface area contributed by atoms with Gasteiger partial charge in [0.15, 0.2) is 0 Å². The van der Waals surface area contributed by atoms with Crippen molar-refractivity contribution in [3.8, 4) is 0 Å². The van der Waals surface area contributed by atoms with E-state index in [1.807, 2.05) is 0 Å². The second-order valence-electron chi connectivity index (χ2n) is 5.83. The summed E-state index contributed by atoms with van der Waals surface area (Å²) in [5.74, 6) is 0.648. The van der Waals surface area contributed by atoms with Gasteiger partial charge in [-0.2, -0.15) is 0 Å². The molecule has 1 heterocycles. The molecule has 3 heteroatoms. The summed E-state index contributed by atoms with van der Waals surface area (Å²) in [6.45, 7) is 15.4. The summed E-state index contributed by atoms with van der Waals surface area (Å²) in [7, 11) is 0. The second kappa shape index (κ2) is 7.34. The Hall–Kier alpha value is -0.120. The van der Waals surface area contributed by atoms with E-state index in [1.54, 1.807) is 0 Å².